The van der Waals surface area contributed by atoms with E-state index >= 15 is 0 Å². The van der Waals surface area contributed by atoms with E-state index in [2.05, 4.69) is 201 Å². The van der Waals surface area contributed by atoms with Crippen LogP contribution in [-0.4, -0.2) is 14.5 Å². The topological polar surface area (TPSA) is 34.0 Å². The zero-order valence-corrected chi connectivity index (χ0v) is 30.8. The number of rotatable bonds is 8. The van der Waals surface area contributed by atoms with Gasteiger partial charge in [0.25, 0.3) is 0 Å². The van der Waals surface area contributed by atoms with E-state index in [1.165, 1.54) is 55.8 Å². The molecule has 1 aliphatic carbocycles. The second-order valence-corrected chi connectivity index (χ2v) is 14.2. The number of nitrogens with zero attached hydrogens (tertiary/aromatic N) is 4. The van der Waals surface area contributed by atoms with Crippen molar-refractivity contribution < 1.29 is 0 Å². The standard InChI is InChI=1S/C52H38N4/c1-4-10-41(11-5-1)47-25-26-48(42-12-6-2-7-13-42)52-51(47)49-36-46(24-27-50(49)56(52)43-14-8-3-9-15-43)55(44-20-16-37(17-21-44)39-28-32-53-33-29-39)45-22-18-38(19-23-45)40-30-34-54-35-31-40/h1-23,25-26,28-36H,24,27H2. The van der Waals surface area contributed by atoms with E-state index in [0.717, 1.165) is 46.5 Å². The van der Waals surface area contributed by atoms with Gasteiger partial charge in [-0.05, 0) is 119 Å². The van der Waals surface area contributed by atoms with Gasteiger partial charge in [-0.1, -0.05) is 115 Å². The van der Waals surface area contributed by atoms with Gasteiger partial charge in [-0.25, -0.2) is 0 Å². The first-order valence-electron chi connectivity index (χ1n) is 19.2. The van der Waals surface area contributed by atoms with Crippen molar-refractivity contribution in [3.05, 3.63) is 218 Å². The van der Waals surface area contributed by atoms with Gasteiger partial charge >= 0.3 is 0 Å². The van der Waals surface area contributed by atoms with Gasteiger partial charge in [0.15, 0.2) is 0 Å². The molecule has 266 valence electrons. The third-order valence-electron chi connectivity index (χ3n) is 10.9. The summed E-state index contributed by atoms with van der Waals surface area (Å²) in [5.74, 6) is 0. The fraction of sp³-hybridized carbons (Fsp3) is 0.0385. The van der Waals surface area contributed by atoms with Crippen LogP contribution < -0.4 is 4.90 Å². The molecule has 0 unspecified atom stereocenters. The number of hydrogen-bond acceptors (Lipinski definition) is 3. The number of pyridine rings is 2. The van der Waals surface area contributed by atoms with Gasteiger partial charge in [0.2, 0.25) is 0 Å². The second kappa shape index (κ2) is 14.5. The van der Waals surface area contributed by atoms with Crippen LogP contribution in [-0.2, 0) is 6.42 Å². The Kier molecular flexibility index (Phi) is 8.62. The molecule has 1 aliphatic rings. The fourth-order valence-corrected chi connectivity index (χ4v) is 8.31. The molecule has 0 spiro atoms. The van der Waals surface area contributed by atoms with E-state index in [1.807, 2.05) is 24.8 Å². The number of benzene rings is 6. The van der Waals surface area contributed by atoms with E-state index in [9.17, 15) is 0 Å². The zero-order valence-electron chi connectivity index (χ0n) is 30.8. The summed E-state index contributed by atoms with van der Waals surface area (Å²) in [6, 6.07) is 63.3. The Bertz CT molecular complexity index is 2710. The van der Waals surface area contributed by atoms with Crippen molar-refractivity contribution in [3.8, 4) is 50.2 Å². The smallest absolute Gasteiger partial charge is 0.0622 e. The van der Waals surface area contributed by atoms with E-state index < -0.39 is 0 Å². The van der Waals surface area contributed by atoms with Crippen LogP contribution in [0.4, 0.5) is 11.4 Å². The minimum Gasteiger partial charge on any atom is -0.314 e. The number of aromatic nitrogens is 3. The Hall–Kier alpha value is -7.30. The second-order valence-electron chi connectivity index (χ2n) is 14.2. The number of para-hydroxylation sites is 1. The van der Waals surface area contributed by atoms with Crippen molar-refractivity contribution in [1.82, 2.24) is 14.5 Å². The van der Waals surface area contributed by atoms with Crippen LogP contribution in [0.2, 0.25) is 0 Å². The van der Waals surface area contributed by atoms with Crippen LogP contribution in [0.25, 0.3) is 67.2 Å². The molecule has 4 nitrogen and oxygen atoms in total. The molecule has 0 saturated carbocycles. The van der Waals surface area contributed by atoms with Gasteiger partial charge in [0.1, 0.15) is 0 Å². The Balaban J connectivity index is 1.21. The summed E-state index contributed by atoms with van der Waals surface area (Å²) >= 11 is 0. The number of anilines is 2. The third-order valence-corrected chi connectivity index (χ3v) is 10.9. The maximum absolute atomic E-state index is 4.23. The Morgan fingerprint density at radius 1 is 0.411 bits per heavy atom. The van der Waals surface area contributed by atoms with Crippen molar-refractivity contribution in [3.63, 3.8) is 0 Å². The van der Waals surface area contributed by atoms with Crippen molar-refractivity contribution in [2.75, 3.05) is 4.90 Å². The van der Waals surface area contributed by atoms with Gasteiger partial charge in [-0.2, -0.15) is 0 Å². The van der Waals surface area contributed by atoms with Crippen LogP contribution in [0, 0.1) is 0 Å². The van der Waals surface area contributed by atoms with Gasteiger partial charge in [0.05, 0.1) is 5.52 Å². The highest BCUT2D eigenvalue weighted by atomic mass is 15.2. The Morgan fingerprint density at radius 3 is 1.41 bits per heavy atom. The van der Waals surface area contributed by atoms with Crippen LogP contribution in [0.1, 0.15) is 17.7 Å². The summed E-state index contributed by atoms with van der Waals surface area (Å²) in [5, 5.41) is 1.27. The van der Waals surface area contributed by atoms with Gasteiger partial charge in [0, 0.05) is 69.8 Å². The summed E-state index contributed by atoms with van der Waals surface area (Å²) in [6.45, 7) is 0. The maximum atomic E-state index is 4.23. The summed E-state index contributed by atoms with van der Waals surface area (Å²) in [5.41, 5.74) is 18.0. The average molecular weight is 719 g/mol. The Morgan fingerprint density at radius 2 is 0.875 bits per heavy atom. The highest BCUT2D eigenvalue weighted by Gasteiger charge is 2.28. The molecule has 3 heterocycles. The largest absolute Gasteiger partial charge is 0.314 e. The number of fused-ring (bicyclic) bond motifs is 3. The molecule has 6 aromatic carbocycles. The predicted octanol–water partition coefficient (Wildman–Crippen LogP) is 13.2. The quantitative estimate of drug-likeness (QED) is 0.157. The SMILES string of the molecule is C1=C(N(c2ccc(-c3ccncc3)cc2)c2ccc(-c3ccncc3)cc2)CCc2c1c1c(-c3ccccc3)ccc(-c3ccccc3)c1n2-c1ccccc1. The maximum Gasteiger partial charge on any atom is 0.0622 e. The van der Waals surface area contributed by atoms with Crippen molar-refractivity contribution in [1.29, 1.82) is 0 Å². The highest BCUT2D eigenvalue weighted by Crippen LogP contribution is 2.46. The van der Waals surface area contributed by atoms with Crippen molar-refractivity contribution in [2.24, 2.45) is 0 Å². The first-order chi connectivity index (χ1) is 27.8. The third kappa shape index (κ3) is 6.08. The van der Waals surface area contributed by atoms with Crippen LogP contribution in [0.5, 0.6) is 0 Å². The molecule has 56 heavy (non-hydrogen) atoms. The highest BCUT2D eigenvalue weighted by molar-refractivity contribution is 6.10. The minimum absolute atomic E-state index is 0.871. The molecule has 0 radical (unpaired) electrons. The van der Waals surface area contributed by atoms with Crippen molar-refractivity contribution in [2.45, 2.75) is 12.8 Å². The fourth-order valence-electron chi connectivity index (χ4n) is 8.31. The predicted molar refractivity (Wildman–Crippen MR) is 232 cm³/mol. The zero-order chi connectivity index (χ0) is 37.3. The molecule has 0 amide bonds. The van der Waals surface area contributed by atoms with E-state index in [4.69, 9.17) is 0 Å². The van der Waals surface area contributed by atoms with Crippen LogP contribution in [0.3, 0.4) is 0 Å². The molecular weight excluding hydrogens is 681 g/mol. The molecule has 9 aromatic rings. The molecule has 0 fully saturated rings. The molecule has 0 aliphatic heterocycles. The number of hydrogen-bond donors (Lipinski definition) is 0. The van der Waals surface area contributed by atoms with Crippen LogP contribution in [0.15, 0.2) is 206 Å². The first-order valence-corrected chi connectivity index (χ1v) is 19.2. The van der Waals surface area contributed by atoms with E-state index in [-0.39, 0.29) is 0 Å². The summed E-state index contributed by atoms with van der Waals surface area (Å²) in [7, 11) is 0. The lowest BCUT2D eigenvalue weighted by atomic mass is 9.91. The monoisotopic (exact) mass is 718 g/mol. The lowest BCUT2D eigenvalue weighted by Gasteiger charge is -2.31. The lowest BCUT2D eigenvalue weighted by molar-refractivity contribution is 0.838. The summed E-state index contributed by atoms with van der Waals surface area (Å²) in [4.78, 5) is 10.9. The molecule has 0 N–H and O–H groups in total. The molecule has 0 saturated heterocycles. The van der Waals surface area contributed by atoms with E-state index in [0.29, 0.717) is 0 Å². The van der Waals surface area contributed by atoms with Gasteiger partial charge < -0.3 is 9.47 Å². The molecule has 0 atom stereocenters. The molecule has 4 heteroatoms. The molecule has 10 rings (SSSR count). The molecule has 0 bridgehead atoms. The summed E-state index contributed by atoms with van der Waals surface area (Å²) < 4.78 is 2.53. The average Bonchev–Trinajstić information content (AvgIpc) is 3.63. The molecular formula is C52H38N4. The van der Waals surface area contributed by atoms with Crippen molar-refractivity contribution >= 4 is 28.4 Å². The molecule has 3 aromatic heterocycles. The van der Waals surface area contributed by atoms with Gasteiger partial charge in [-0.15, -0.1) is 0 Å². The minimum atomic E-state index is 0.871. The normalized spacial score (nSPS) is 12.2. The van der Waals surface area contributed by atoms with Gasteiger partial charge in [-0.3, -0.25) is 9.97 Å². The first kappa shape index (κ1) is 33.3. The van der Waals surface area contributed by atoms with Crippen LogP contribution >= 0.6 is 0 Å². The Labute approximate surface area is 327 Å². The lowest BCUT2D eigenvalue weighted by Crippen LogP contribution is -2.19. The number of allylic oxidation sites excluding steroid dienone is 1. The summed E-state index contributed by atoms with van der Waals surface area (Å²) in [6.07, 6.45) is 11.6. The van der Waals surface area contributed by atoms with E-state index in [1.54, 1.807) is 0 Å².